The Morgan fingerprint density at radius 1 is 0.694 bits per heavy atom. The molecule has 1 aromatic rings. The third-order valence-corrected chi connectivity index (χ3v) is 7.71. The second kappa shape index (κ2) is 10.7. The predicted octanol–water partition coefficient (Wildman–Crippen LogP) is 2.45. The zero-order valence-corrected chi connectivity index (χ0v) is 20.5. The summed E-state index contributed by atoms with van der Waals surface area (Å²) in [5.41, 5.74) is 0.897. The van der Waals surface area contributed by atoms with Gasteiger partial charge in [0.1, 0.15) is 24.7 Å². The Morgan fingerprint density at radius 2 is 1.19 bits per heavy atom. The highest BCUT2D eigenvalue weighted by Crippen LogP contribution is 2.30. The van der Waals surface area contributed by atoms with Crippen molar-refractivity contribution >= 4 is 23.7 Å². The minimum absolute atomic E-state index is 0.0568. The molecule has 36 heavy (non-hydrogen) atoms. The molecule has 1 aromatic carbocycles. The van der Waals surface area contributed by atoms with E-state index in [0.29, 0.717) is 38.9 Å². The molecule has 3 fully saturated rings. The summed E-state index contributed by atoms with van der Waals surface area (Å²) in [4.78, 5) is 58.1. The third kappa shape index (κ3) is 4.81. The van der Waals surface area contributed by atoms with E-state index in [-0.39, 0.29) is 30.2 Å². The summed E-state index contributed by atoms with van der Waals surface area (Å²) >= 11 is 0. The zero-order chi connectivity index (χ0) is 25.1. The van der Waals surface area contributed by atoms with Crippen molar-refractivity contribution in [1.29, 1.82) is 0 Å². The van der Waals surface area contributed by atoms with Gasteiger partial charge in [-0.15, -0.1) is 0 Å². The minimum atomic E-state index is -0.621. The van der Waals surface area contributed by atoms with Crippen molar-refractivity contribution in [3.05, 3.63) is 60.2 Å². The molecular weight excluding hydrogens is 458 g/mol. The fraction of sp³-hybridized carbons (Fsp3) is 0.500. The fourth-order valence-electron chi connectivity index (χ4n) is 5.85. The standard InChI is InChI=1S/C28H33N3O5/c32-25(21-11-4-5-12-21)29-16-6-13-22(29)26(33)30-17-7-14-23(30)27(34)31-18-8-15-24(31)28(35)36-19-20-9-2-1-3-10-20/h1-5,9-12,21-24H,6-8,13-19H2/t22-,23-,24-/m0/s1. The van der Waals surface area contributed by atoms with E-state index in [1.165, 1.54) is 0 Å². The van der Waals surface area contributed by atoms with Gasteiger partial charge in [-0.3, -0.25) is 14.4 Å². The van der Waals surface area contributed by atoms with Crippen LogP contribution in [0.25, 0.3) is 0 Å². The lowest BCUT2D eigenvalue weighted by molar-refractivity contribution is -0.157. The van der Waals surface area contributed by atoms with E-state index in [4.69, 9.17) is 4.74 Å². The van der Waals surface area contributed by atoms with E-state index < -0.39 is 24.1 Å². The molecule has 0 aromatic heterocycles. The molecular formula is C28H33N3O5. The molecule has 0 spiro atoms. The average Bonchev–Trinajstić information content (AvgIpc) is 3.72. The summed E-state index contributed by atoms with van der Waals surface area (Å²) in [6.45, 7) is 1.70. The highest BCUT2D eigenvalue weighted by molar-refractivity contribution is 5.95. The monoisotopic (exact) mass is 491 g/mol. The maximum absolute atomic E-state index is 13.6. The average molecular weight is 492 g/mol. The van der Waals surface area contributed by atoms with Crippen LogP contribution in [0.15, 0.2) is 54.6 Å². The molecule has 0 saturated carbocycles. The first kappa shape index (κ1) is 24.3. The Bertz CT molecular complexity index is 1060. The number of amides is 3. The summed E-state index contributed by atoms with van der Waals surface area (Å²) < 4.78 is 5.53. The number of rotatable bonds is 6. The molecule has 0 unspecified atom stereocenters. The van der Waals surface area contributed by atoms with Crippen LogP contribution in [-0.2, 0) is 30.5 Å². The number of hydrogen-bond acceptors (Lipinski definition) is 5. The Hall–Kier alpha value is -3.42. The van der Waals surface area contributed by atoms with Crippen LogP contribution in [0, 0.1) is 5.92 Å². The number of allylic oxidation sites excluding steroid dienone is 2. The quantitative estimate of drug-likeness (QED) is 0.571. The van der Waals surface area contributed by atoms with Crippen molar-refractivity contribution in [2.45, 2.75) is 63.3 Å². The molecule has 0 bridgehead atoms. The third-order valence-electron chi connectivity index (χ3n) is 7.71. The topological polar surface area (TPSA) is 87.2 Å². The number of benzene rings is 1. The van der Waals surface area contributed by atoms with Gasteiger partial charge in [-0.25, -0.2) is 4.79 Å². The molecule has 3 aliphatic heterocycles. The van der Waals surface area contributed by atoms with Crippen LogP contribution in [0.1, 0.15) is 44.1 Å². The molecule has 5 rings (SSSR count). The number of nitrogens with zero attached hydrogens (tertiary/aromatic N) is 3. The largest absolute Gasteiger partial charge is 0.459 e. The number of esters is 1. The molecule has 3 heterocycles. The molecule has 3 atom stereocenters. The smallest absolute Gasteiger partial charge is 0.329 e. The first-order chi connectivity index (χ1) is 17.5. The molecule has 1 aliphatic carbocycles. The van der Waals surface area contributed by atoms with Crippen molar-refractivity contribution in [2.24, 2.45) is 5.92 Å². The van der Waals surface area contributed by atoms with E-state index in [9.17, 15) is 19.2 Å². The normalized spacial score (nSPS) is 25.7. The van der Waals surface area contributed by atoms with Crippen molar-refractivity contribution < 1.29 is 23.9 Å². The Kier molecular flexibility index (Phi) is 7.20. The molecule has 8 nitrogen and oxygen atoms in total. The summed E-state index contributed by atoms with van der Waals surface area (Å²) in [5.74, 6) is -1.10. The van der Waals surface area contributed by atoms with Gasteiger partial charge in [-0.1, -0.05) is 54.6 Å². The summed E-state index contributed by atoms with van der Waals surface area (Å²) in [6, 6.07) is 7.72. The lowest BCUT2D eigenvalue weighted by Gasteiger charge is -2.34. The highest BCUT2D eigenvalue weighted by atomic mass is 16.5. The first-order valence-electron chi connectivity index (χ1n) is 13.0. The molecule has 0 N–H and O–H groups in total. The van der Waals surface area contributed by atoms with Gasteiger partial charge in [-0.05, 0) is 44.1 Å². The fourth-order valence-corrected chi connectivity index (χ4v) is 5.85. The van der Waals surface area contributed by atoms with Gasteiger partial charge < -0.3 is 19.4 Å². The number of carbonyl (C=O) groups is 4. The second-order valence-electron chi connectivity index (χ2n) is 9.96. The molecule has 3 saturated heterocycles. The van der Waals surface area contributed by atoms with E-state index >= 15 is 0 Å². The highest BCUT2D eigenvalue weighted by Gasteiger charge is 2.46. The van der Waals surface area contributed by atoms with Crippen LogP contribution in [0.3, 0.4) is 0 Å². The maximum atomic E-state index is 13.6. The SMILES string of the molecule is O=C(OCc1ccccc1)[C@@H]1CCCN1C(=O)[C@@H]1CCCN1C(=O)[C@@H]1CCCN1C(=O)C1C=CC=C1. The number of ether oxygens (including phenoxy) is 1. The van der Waals surface area contributed by atoms with Crippen molar-refractivity contribution in [3.63, 3.8) is 0 Å². The van der Waals surface area contributed by atoms with Crippen molar-refractivity contribution in [2.75, 3.05) is 19.6 Å². The van der Waals surface area contributed by atoms with Crippen LogP contribution in [0.2, 0.25) is 0 Å². The van der Waals surface area contributed by atoms with Gasteiger partial charge >= 0.3 is 5.97 Å². The number of likely N-dealkylation sites (tertiary alicyclic amines) is 3. The van der Waals surface area contributed by atoms with Gasteiger partial charge in [-0.2, -0.15) is 0 Å². The lowest BCUT2D eigenvalue weighted by Crippen LogP contribution is -2.55. The lowest BCUT2D eigenvalue weighted by atomic mass is 10.1. The zero-order valence-electron chi connectivity index (χ0n) is 20.5. The maximum Gasteiger partial charge on any atom is 0.329 e. The van der Waals surface area contributed by atoms with E-state index in [1.807, 2.05) is 54.6 Å². The van der Waals surface area contributed by atoms with Crippen LogP contribution >= 0.6 is 0 Å². The van der Waals surface area contributed by atoms with Gasteiger partial charge in [0, 0.05) is 19.6 Å². The molecule has 0 radical (unpaired) electrons. The van der Waals surface area contributed by atoms with Crippen molar-refractivity contribution in [1.82, 2.24) is 14.7 Å². The van der Waals surface area contributed by atoms with Crippen LogP contribution in [-0.4, -0.2) is 76.2 Å². The minimum Gasteiger partial charge on any atom is -0.459 e. The van der Waals surface area contributed by atoms with E-state index in [2.05, 4.69) is 0 Å². The van der Waals surface area contributed by atoms with E-state index in [1.54, 1.807) is 14.7 Å². The first-order valence-corrected chi connectivity index (χ1v) is 13.0. The van der Waals surface area contributed by atoms with Crippen molar-refractivity contribution in [3.8, 4) is 0 Å². The molecule has 4 aliphatic rings. The molecule has 8 heteroatoms. The van der Waals surface area contributed by atoms with Gasteiger partial charge in [0.05, 0.1) is 5.92 Å². The van der Waals surface area contributed by atoms with Gasteiger partial charge in [0.15, 0.2) is 0 Å². The predicted molar refractivity (Wildman–Crippen MR) is 132 cm³/mol. The van der Waals surface area contributed by atoms with Gasteiger partial charge in [0.2, 0.25) is 17.7 Å². The second-order valence-corrected chi connectivity index (χ2v) is 9.96. The van der Waals surface area contributed by atoms with Crippen LogP contribution in [0.4, 0.5) is 0 Å². The Balaban J connectivity index is 1.24. The number of carbonyl (C=O) groups excluding carboxylic acids is 4. The Morgan fingerprint density at radius 3 is 1.78 bits per heavy atom. The Labute approximate surface area is 211 Å². The summed E-state index contributed by atoms with van der Waals surface area (Å²) in [6.07, 6.45) is 11.4. The van der Waals surface area contributed by atoms with Crippen LogP contribution in [0.5, 0.6) is 0 Å². The number of hydrogen-bond donors (Lipinski definition) is 0. The summed E-state index contributed by atoms with van der Waals surface area (Å²) in [7, 11) is 0. The molecule has 190 valence electrons. The van der Waals surface area contributed by atoms with Gasteiger partial charge in [0.25, 0.3) is 0 Å². The van der Waals surface area contributed by atoms with E-state index in [0.717, 1.165) is 24.8 Å². The summed E-state index contributed by atoms with van der Waals surface area (Å²) in [5, 5.41) is 0. The molecule has 3 amide bonds. The van der Waals surface area contributed by atoms with Crippen LogP contribution < -0.4 is 0 Å².